The van der Waals surface area contributed by atoms with Crippen molar-refractivity contribution in [1.29, 1.82) is 0 Å². The van der Waals surface area contributed by atoms with Crippen molar-refractivity contribution in [2.75, 3.05) is 0 Å². The molecule has 0 N–H and O–H groups in total. The van der Waals surface area contributed by atoms with E-state index in [2.05, 4.69) is 9.72 Å². The molecule has 0 saturated heterocycles. The van der Waals surface area contributed by atoms with Crippen molar-refractivity contribution < 1.29 is 27.6 Å². The molecule has 18 heavy (non-hydrogen) atoms. The fraction of sp³-hybridized carbons (Fsp3) is 0.143. The number of carbonyl (C=O) groups is 1. The first-order valence-corrected chi connectivity index (χ1v) is 5.38. The van der Waals surface area contributed by atoms with Gasteiger partial charge in [-0.15, -0.1) is 13.2 Å². The van der Waals surface area contributed by atoms with Crippen LogP contribution in [-0.4, -0.2) is 21.5 Å². The number of alkyl halides is 3. The van der Waals surface area contributed by atoms with Gasteiger partial charge in [-0.2, -0.15) is 0 Å². The molecule has 0 bridgehead atoms. The summed E-state index contributed by atoms with van der Waals surface area (Å²) in [5.74, 6) is -2.32. The molecule has 0 aliphatic heterocycles. The van der Waals surface area contributed by atoms with Crippen molar-refractivity contribution in [3.05, 3.63) is 25.4 Å². The maximum atomic E-state index is 12.1. The number of ether oxygens (including phenoxy) is 1. The Hall–Kier alpha value is -1.17. The number of hydrogen-bond acceptors (Lipinski definition) is 5. The second-order valence-electron chi connectivity index (χ2n) is 2.72. The SMILES string of the molecule is O=C(Cl)c1cc(I)c(OC(F)(F)F)c([N+](=O)[O-])n1. The van der Waals surface area contributed by atoms with Crippen LogP contribution in [0, 0.1) is 13.7 Å². The Morgan fingerprint density at radius 2 is 2.11 bits per heavy atom. The molecule has 0 amide bonds. The Kier molecular flexibility index (Phi) is 4.32. The van der Waals surface area contributed by atoms with Crippen LogP contribution in [0.1, 0.15) is 10.5 Å². The molecule has 1 aromatic heterocycles. The summed E-state index contributed by atoms with van der Waals surface area (Å²) in [7, 11) is 0. The van der Waals surface area contributed by atoms with Gasteiger partial charge in [0.15, 0.2) is 0 Å². The van der Waals surface area contributed by atoms with Crippen molar-refractivity contribution in [1.82, 2.24) is 4.98 Å². The number of nitrogens with zero attached hydrogens (tertiary/aromatic N) is 2. The van der Waals surface area contributed by atoms with Gasteiger partial charge in [-0.1, -0.05) is 0 Å². The average Bonchev–Trinajstić information content (AvgIpc) is 2.18. The molecule has 11 heteroatoms. The highest BCUT2D eigenvalue weighted by Gasteiger charge is 2.37. The minimum atomic E-state index is -5.11. The normalized spacial score (nSPS) is 11.2. The summed E-state index contributed by atoms with van der Waals surface area (Å²) in [6.07, 6.45) is -5.11. The van der Waals surface area contributed by atoms with E-state index in [0.717, 1.165) is 6.07 Å². The van der Waals surface area contributed by atoms with Crippen LogP contribution in [0.25, 0.3) is 0 Å². The topological polar surface area (TPSA) is 82.3 Å². The zero-order valence-corrected chi connectivity index (χ0v) is 10.9. The van der Waals surface area contributed by atoms with Gasteiger partial charge in [0, 0.05) is 6.07 Å². The summed E-state index contributed by atoms with van der Waals surface area (Å²) in [5, 5.41) is 9.44. The molecule has 1 aromatic rings. The lowest BCUT2D eigenvalue weighted by atomic mass is 10.3. The molecule has 98 valence electrons. The molecule has 0 spiro atoms. The number of carbonyl (C=O) groups excluding carboxylic acids is 1. The van der Waals surface area contributed by atoms with Gasteiger partial charge >= 0.3 is 12.2 Å². The number of aromatic nitrogens is 1. The molecule has 0 saturated carbocycles. The van der Waals surface area contributed by atoms with Crippen LogP contribution in [0.5, 0.6) is 5.75 Å². The van der Waals surface area contributed by atoms with Crippen LogP contribution in [0.3, 0.4) is 0 Å². The maximum absolute atomic E-state index is 12.1. The molecule has 0 fully saturated rings. The Morgan fingerprint density at radius 3 is 2.50 bits per heavy atom. The minimum absolute atomic E-state index is 0.310. The van der Waals surface area contributed by atoms with Crippen LogP contribution in [0.2, 0.25) is 0 Å². The van der Waals surface area contributed by atoms with E-state index in [-0.39, 0.29) is 3.57 Å². The van der Waals surface area contributed by atoms with E-state index in [9.17, 15) is 28.1 Å². The Morgan fingerprint density at radius 1 is 1.56 bits per heavy atom. The van der Waals surface area contributed by atoms with Crippen molar-refractivity contribution in [2.24, 2.45) is 0 Å². The Bertz CT molecular complexity index is 522. The lowest BCUT2D eigenvalue weighted by Crippen LogP contribution is -2.19. The summed E-state index contributed by atoms with van der Waals surface area (Å²) < 4.78 is 39.3. The van der Waals surface area contributed by atoms with E-state index in [1.807, 2.05) is 0 Å². The molecule has 1 heterocycles. The number of nitro groups is 1. The highest BCUT2D eigenvalue weighted by atomic mass is 127. The summed E-state index contributed by atoms with van der Waals surface area (Å²) in [5.41, 5.74) is -0.540. The van der Waals surface area contributed by atoms with Crippen LogP contribution in [-0.2, 0) is 0 Å². The smallest absolute Gasteiger partial charge is 0.395 e. The number of hydrogen-bond donors (Lipinski definition) is 0. The van der Waals surface area contributed by atoms with E-state index in [0.29, 0.717) is 0 Å². The third kappa shape index (κ3) is 3.66. The minimum Gasteiger partial charge on any atom is -0.395 e. The fourth-order valence-electron chi connectivity index (χ4n) is 0.924. The van der Waals surface area contributed by atoms with Crippen molar-refractivity contribution >= 4 is 45.3 Å². The fourth-order valence-corrected chi connectivity index (χ4v) is 1.67. The van der Waals surface area contributed by atoms with Gasteiger partial charge in [0.1, 0.15) is 0 Å². The molecule has 0 radical (unpaired) electrons. The van der Waals surface area contributed by atoms with E-state index in [1.54, 1.807) is 0 Å². The van der Waals surface area contributed by atoms with Crippen LogP contribution in [0.15, 0.2) is 6.07 Å². The van der Waals surface area contributed by atoms with E-state index < -0.39 is 33.8 Å². The number of pyridine rings is 1. The standard InChI is InChI=1S/C7HClF3IN2O4/c8-5(15)3-1-2(12)4(18-7(9,10)11)6(13-3)14(16)17/h1H. The largest absolute Gasteiger partial charge is 0.573 e. The van der Waals surface area contributed by atoms with Gasteiger partial charge in [-0.05, 0) is 44.1 Å². The van der Waals surface area contributed by atoms with E-state index in [1.165, 1.54) is 22.6 Å². The average molecular weight is 396 g/mol. The number of halogens is 5. The van der Waals surface area contributed by atoms with Crippen LogP contribution >= 0.6 is 34.2 Å². The second-order valence-corrected chi connectivity index (χ2v) is 4.23. The third-order valence-electron chi connectivity index (χ3n) is 1.50. The molecule has 1 rings (SSSR count). The zero-order valence-electron chi connectivity index (χ0n) is 7.99. The number of rotatable bonds is 3. The second kappa shape index (κ2) is 5.22. The van der Waals surface area contributed by atoms with Crippen molar-refractivity contribution in [3.8, 4) is 5.75 Å². The van der Waals surface area contributed by atoms with Crippen molar-refractivity contribution in [3.63, 3.8) is 0 Å². The highest BCUT2D eigenvalue weighted by molar-refractivity contribution is 14.1. The van der Waals surface area contributed by atoms with Gasteiger partial charge in [0.05, 0.1) is 3.57 Å². The monoisotopic (exact) mass is 396 g/mol. The lowest BCUT2D eigenvalue weighted by molar-refractivity contribution is -0.393. The molecule has 6 nitrogen and oxygen atoms in total. The predicted octanol–water partition coefficient (Wildman–Crippen LogP) is 2.87. The van der Waals surface area contributed by atoms with Gasteiger partial charge in [0.2, 0.25) is 11.4 Å². The summed E-state index contributed by atoms with van der Waals surface area (Å²) in [6, 6.07) is 0.851. The van der Waals surface area contributed by atoms with Crippen LogP contribution < -0.4 is 4.74 Å². The van der Waals surface area contributed by atoms with Crippen molar-refractivity contribution in [2.45, 2.75) is 6.36 Å². The predicted molar refractivity (Wildman–Crippen MR) is 60.5 cm³/mol. The zero-order chi connectivity index (χ0) is 14.1. The van der Waals surface area contributed by atoms with Gasteiger partial charge in [-0.3, -0.25) is 4.79 Å². The first-order chi connectivity index (χ1) is 8.11. The van der Waals surface area contributed by atoms with Gasteiger partial charge < -0.3 is 14.9 Å². The molecular formula is C7HClF3IN2O4. The van der Waals surface area contributed by atoms with E-state index in [4.69, 9.17) is 11.6 Å². The summed E-state index contributed by atoms with van der Waals surface area (Å²) in [4.78, 5) is 23.3. The summed E-state index contributed by atoms with van der Waals surface area (Å²) in [6.45, 7) is 0. The molecule has 0 aliphatic carbocycles. The molecular weight excluding hydrogens is 395 g/mol. The molecule has 0 aliphatic rings. The lowest BCUT2D eigenvalue weighted by Gasteiger charge is -2.10. The van der Waals surface area contributed by atoms with Crippen LogP contribution in [0.4, 0.5) is 19.0 Å². The third-order valence-corrected chi connectivity index (χ3v) is 2.50. The first-order valence-electron chi connectivity index (χ1n) is 3.92. The maximum Gasteiger partial charge on any atom is 0.573 e. The highest BCUT2D eigenvalue weighted by Crippen LogP contribution is 2.35. The Balaban J connectivity index is 3.41. The quantitative estimate of drug-likeness (QED) is 0.340. The molecule has 0 atom stereocenters. The van der Waals surface area contributed by atoms with E-state index >= 15 is 0 Å². The Labute approximate surface area is 115 Å². The molecule has 0 aromatic carbocycles. The van der Waals surface area contributed by atoms with Gasteiger partial charge in [0.25, 0.3) is 5.24 Å². The summed E-state index contributed by atoms with van der Waals surface area (Å²) >= 11 is 6.38. The van der Waals surface area contributed by atoms with Gasteiger partial charge in [-0.25, -0.2) is 0 Å². The molecule has 0 unspecified atom stereocenters. The first kappa shape index (κ1) is 14.9.